The van der Waals surface area contributed by atoms with Crippen LogP contribution in [0.2, 0.25) is 0 Å². The zero-order valence-electron chi connectivity index (χ0n) is 25.2. The van der Waals surface area contributed by atoms with Gasteiger partial charge in [-0.05, 0) is 70.6 Å². The average Bonchev–Trinajstić information content (AvgIpc) is 3.23. The van der Waals surface area contributed by atoms with E-state index in [-0.39, 0.29) is 43.2 Å². The van der Waals surface area contributed by atoms with Crippen molar-refractivity contribution in [1.29, 1.82) is 5.41 Å². The minimum Gasteiger partial charge on any atom is -0.487 e. The Bertz CT molecular complexity index is 1270. The summed E-state index contributed by atoms with van der Waals surface area (Å²) in [5, 5.41) is 11.0. The van der Waals surface area contributed by atoms with E-state index in [2.05, 4.69) is 27.7 Å². The van der Waals surface area contributed by atoms with Crippen molar-refractivity contribution in [2.75, 3.05) is 19.0 Å². The molecule has 2 rings (SSSR count). The van der Waals surface area contributed by atoms with Gasteiger partial charge < -0.3 is 25.8 Å². The predicted molar refractivity (Wildman–Crippen MR) is 162 cm³/mol. The number of rotatable bonds is 14. The van der Waals surface area contributed by atoms with Gasteiger partial charge in [-0.25, -0.2) is 17.9 Å². The van der Waals surface area contributed by atoms with Crippen molar-refractivity contribution in [1.82, 2.24) is 15.4 Å². The van der Waals surface area contributed by atoms with Gasteiger partial charge in [-0.1, -0.05) is 12.7 Å². The number of esters is 1. The number of hydrogen-bond donors (Lipinski definition) is 5. The zero-order chi connectivity index (χ0) is 32.3. The van der Waals surface area contributed by atoms with E-state index < -0.39 is 45.5 Å². The minimum atomic E-state index is -3.87. The van der Waals surface area contributed by atoms with Gasteiger partial charge in [-0.2, -0.15) is 0 Å². The molecule has 0 saturated heterocycles. The summed E-state index contributed by atoms with van der Waals surface area (Å²) in [6.45, 7) is 14.1. The third kappa shape index (κ3) is 10.3. The summed E-state index contributed by atoms with van der Waals surface area (Å²) >= 11 is 5.77. The van der Waals surface area contributed by atoms with Gasteiger partial charge in [-0.3, -0.25) is 15.0 Å². The molecule has 2 amide bonds. The van der Waals surface area contributed by atoms with E-state index in [1.807, 2.05) is 20.8 Å². The lowest BCUT2D eigenvalue weighted by atomic mass is 9.94. The molecule has 0 radical (unpaired) electrons. The summed E-state index contributed by atoms with van der Waals surface area (Å²) in [5.74, 6) is -0.849. The smallest absolute Gasteiger partial charge is 0.328 e. The largest absolute Gasteiger partial charge is 0.487 e. The summed E-state index contributed by atoms with van der Waals surface area (Å²) < 4.78 is 40.4. The molecule has 0 aromatic heterocycles. The van der Waals surface area contributed by atoms with Crippen LogP contribution in [-0.4, -0.2) is 69.3 Å². The quantitative estimate of drug-likeness (QED) is 0.0517. The molecule has 6 N–H and O–H groups in total. The molecule has 1 aliphatic rings. The van der Waals surface area contributed by atoms with Crippen molar-refractivity contribution < 1.29 is 32.3 Å². The van der Waals surface area contributed by atoms with Gasteiger partial charge in [0.25, 0.3) is 0 Å². The van der Waals surface area contributed by atoms with Crippen molar-refractivity contribution in [3.63, 3.8) is 0 Å². The fourth-order valence-corrected chi connectivity index (χ4v) is 6.48. The molecule has 14 heteroatoms. The Kier molecular flexibility index (Phi) is 14.5. The molecule has 1 aliphatic heterocycles. The van der Waals surface area contributed by atoms with E-state index >= 15 is 0 Å². The second-order valence-corrected chi connectivity index (χ2v) is 12.5. The molecule has 0 saturated carbocycles. The molecule has 2 unspecified atom stereocenters. The van der Waals surface area contributed by atoms with Crippen LogP contribution >= 0.6 is 11.6 Å². The molecular weight excluding hydrogens is 586 g/mol. The van der Waals surface area contributed by atoms with Crippen LogP contribution in [0.15, 0.2) is 17.6 Å². The fraction of sp³-hybridized carbons (Fsp3) is 0.571. The molecule has 236 valence electrons. The summed E-state index contributed by atoms with van der Waals surface area (Å²) in [6.07, 6.45) is 3.28. The van der Waals surface area contributed by atoms with E-state index in [0.717, 1.165) is 23.2 Å². The molecule has 1 heterocycles. The Morgan fingerprint density at radius 1 is 1.14 bits per heavy atom. The number of nitrogens with two attached hydrogens (primary N) is 1. The van der Waals surface area contributed by atoms with Crippen molar-refractivity contribution in [2.45, 2.75) is 89.8 Å². The Morgan fingerprint density at radius 2 is 1.76 bits per heavy atom. The number of nitrogens with one attached hydrogen (secondary N) is 4. The van der Waals surface area contributed by atoms with Crippen LogP contribution in [0.3, 0.4) is 0 Å². The van der Waals surface area contributed by atoms with Crippen LogP contribution in [0.4, 0.5) is 0 Å². The number of amides is 2. The van der Waals surface area contributed by atoms with Gasteiger partial charge in [0, 0.05) is 31.3 Å². The number of carbonyl (C=O) groups is 3. The fourth-order valence-electron chi connectivity index (χ4n) is 4.62. The molecular formula is C28H44ClN5O7S. The van der Waals surface area contributed by atoms with Crippen molar-refractivity contribution in [2.24, 2.45) is 5.73 Å². The van der Waals surface area contributed by atoms with Crippen LogP contribution < -0.4 is 25.8 Å². The average molecular weight is 630 g/mol. The first-order valence-corrected chi connectivity index (χ1v) is 15.5. The highest BCUT2D eigenvalue weighted by molar-refractivity contribution is 7.89. The van der Waals surface area contributed by atoms with Gasteiger partial charge in [-0.15, -0.1) is 11.6 Å². The van der Waals surface area contributed by atoms with Gasteiger partial charge in [0.2, 0.25) is 21.8 Å². The molecule has 42 heavy (non-hydrogen) atoms. The molecule has 0 bridgehead atoms. The Labute approximate surface area is 253 Å². The standard InChI is InChI=1S/C27H40ClN3O7S.CH4N2/c1-8-14-37-26(34)22(11-12-28)31-25(33)21(30-19(5)32)10-9-13-29-39(35,36)24-17(3)16(2)23-20(18(24)4)15-27(6,7)38-23;2-1-3/h8,21-22,29H,1,9-15H2,2-7H3,(H,30,32)(H,31,33);1H,(H3,2,3). The number of fused-ring (bicyclic) bond motifs is 1. The highest BCUT2D eigenvalue weighted by Crippen LogP contribution is 2.43. The Balaban J connectivity index is 0.00000281. The maximum Gasteiger partial charge on any atom is 0.328 e. The topological polar surface area (TPSA) is 190 Å². The van der Waals surface area contributed by atoms with E-state index in [0.29, 0.717) is 17.5 Å². The number of ether oxygens (including phenoxy) is 2. The molecule has 0 fully saturated rings. The molecule has 2 atom stereocenters. The number of halogens is 1. The number of sulfonamides is 1. The first-order chi connectivity index (χ1) is 19.6. The molecule has 1 aromatic carbocycles. The van der Waals surface area contributed by atoms with E-state index in [4.69, 9.17) is 26.5 Å². The first kappa shape index (κ1) is 36.9. The first-order valence-electron chi connectivity index (χ1n) is 13.5. The van der Waals surface area contributed by atoms with Gasteiger partial charge in [0.15, 0.2) is 0 Å². The number of hydrogen-bond acceptors (Lipinski definition) is 8. The minimum absolute atomic E-state index is 0.0176. The highest BCUT2D eigenvalue weighted by Gasteiger charge is 2.36. The van der Waals surface area contributed by atoms with Gasteiger partial charge in [0.05, 0.1) is 11.2 Å². The summed E-state index contributed by atoms with van der Waals surface area (Å²) in [5.41, 5.74) is 6.95. The number of benzene rings is 1. The second kappa shape index (κ2) is 16.5. The van der Waals surface area contributed by atoms with E-state index in [1.54, 1.807) is 13.8 Å². The van der Waals surface area contributed by atoms with Crippen LogP contribution in [0.25, 0.3) is 0 Å². The molecule has 1 aromatic rings. The summed E-state index contributed by atoms with van der Waals surface area (Å²) in [7, 11) is -3.87. The van der Waals surface area contributed by atoms with Gasteiger partial charge >= 0.3 is 5.97 Å². The zero-order valence-corrected chi connectivity index (χ0v) is 26.8. The number of alkyl halides is 1. The van der Waals surface area contributed by atoms with Crippen LogP contribution in [-0.2, 0) is 35.6 Å². The lowest BCUT2D eigenvalue weighted by Gasteiger charge is -2.22. The maximum atomic E-state index is 13.4. The van der Waals surface area contributed by atoms with Crippen molar-refractivity contribution in [3.8, 4) is 5.75 Å². The third-order valence-electron chi connectivity index (χ3n) is 6.56. The highest BCUT2D eigenvalue weighted by atomic mass is 35.5. The molecule has 0 aliphatic carbocycles. The van der Waals surface area contributed by atoms with Crippen LogP contribution in [0.1, 0.15) is 62.3 Å². The Hall–Kier alpha value is -3.16. The monoisotopic (exact) mass is 629 g/mol. The van der Waals surface area contributed by atoms with Crippen molar-refractivity contribution in [3.05, 3.63) is 34.9 Å². The van der Waals surface area contributed by atoms with Crippen LogP contribution in [0, 0.1) is 26.2 Å². The molecule has 0 spiro atoms. The SMILES string of the molecule is C=CCOC(=O)C(CCCl)NC(=O)C(CCCNS(=O)(=O)c1c(C)c(C)c2c(c1C)CC(C)(C)O2)NC(C)=O.N=CN. The summed E-state index contributed by atoms with van der Waals surface area (Å²) in [6, 6.07) is -1.98. The second-order valence-electron chi connectivity index (χ2n) is 10.5. The number of carbonyl (C=O) groups excluding carboxylic acids is 3. The van der Waals surface area contributed by atoms with Gasteiger partial charge in [0.1, 0.15) is 30.0 Å². The predicted octanol–water partition coefficient (Wildman–Crippen LogP) is 2.28. The van der Waals surface area contributed by atoms with E-state index in [1.165, 1.54) is 13.0 Å². The normalized spacial score (nSPS) is 14.6. The third-order valence-corrected chi connectivity index (χ3v) is 8.51. The Morgan fingerprint density at radius 3 is 2.31 bits per heavy atom. The molecule has 12 nitrogen and oxygen atoms in total. The maximum absolute atomic E-state index is 13.4. The summed E-state index contributed by atoms with van der Waals surface area (Å²) in [4.78, 5) is 37.1. The van der Waals surface area contributed by atoms with Crippen molar-refractivity contribution >= 4 is 45.7 Å². The lowest BCUT2D eigenvalue weighted by Crippen LogP contribution is -2.51. The lowest BCUT2D eigenvalue weighted by molar-refractivity contribution is -0.147. The van der Waals surface area contributed by atoms with E-state index in [9.17, 15) is 22.8 Å². The van der Waals surface area contributed by atoms with Crippen LogP contribution in [0.5, 0.6) is 5.75 Å².